The van der Waals surface area contributed by atoms with E-state index in [9.17, 15) is 5.11 Å². The summed E-state index contributed by atoms with van der Waals surface area (Å²) in [5.74, 6) is 0. The minimum Gasteiger partial charge on any atom is -0.390 e. The van der Waals surface area contributed by atoms with Gasteiger partial charge in [-0.3, -0.25) is 0 Å². The Morgan fingerprint density at radius 1 is 1.33 bits per heavy atom. The van der Waals surface area contributed by atoms with Gasteiger partial charge in [-0.2, -0.15) is 0 Å². The van der Waals surface area contributed by atoms with Crippen molar-refractivity contribution in [2.75, 3.05) is 0 Å². The fourth-order valence-corrected chi connectivity index (χ4v) is 2.99. The molecule has 1 heterocycles. The van der Waals surface area contributed by atoms with Crippen LogP contribution in [0.5, 0.6) is 0 Å². The first-order valence-corrected chi connectivity index (χ1v) is 7.09. The molecule has 1 aromatic heterocycles. The molecule has 3 heteroatoms. The molecule has 0 saturated heterocycles. The van der Waals surface area contributed by atoms with E-state index < -0.39 is 5.60 Å². The summed E-state index contributed by atoms with van der Waals surface area (Å²) in [5.41, 5.74) is 1.73. The summed E-state index contributed by atoms with van der Waals surface area (Å²) in [4.78, 5) is 0. The number of nitrogens with zero attached hydrogens (tertiary/aromatic N) is 1. The fourth-order valence-electron chi connectivity index (χ4n) is 2.38. The lowest BCUT2D eigenvalue weighted by molar-refractivity contribution is 0.0813. The third-order valence-corrected chi connectivity index (χ3v) is 3.73. The van der Waals surface area contributed by atoms with Crippen LogP contribution in [0.3, 0.4) is 0 Å². The first-order valence-electron chi connectivity index (χ1n) is 6.30. The van der Waals surface area contributed by atoms with Crippen LogP contribution < -0.4 is 0 Å². The van der Waals surface area contributed by atoms with E-state index in [1.54, 1.807) is 0 Å². The summed E-state index contributed by atoms with van der Waals surface area (Å²) < 4.78 is 3.36. The van der Waals surface area contributed by atoms with E-state index in [-0.39, 0.29) is 0 Å². The van der Waals surface area contributed by atoms with Crippen LogP contribution in [0, 0.1) is 0 Å². The molecule has 0 unspecified atom stereocenters. The highest BCUT2D eigenvalue weighted by Crippen LogP contribution is 2.32. The van der Waals surface area contributed by atoms with Crippen molar-refractivity contribution in [2.45, 2.75) is 45.8 Å². The SMILES string of the molecule is CC(C)n1cc(CC(C)(C)O)c2c(Br)cccc21. The van der Waals surface area contributed by atoms with Gasteiger partial charge in [0.25, 0.3) is 0 Å². The number of fused-ring (bicyclic) bond motifs is 1. The van der Waals surface area contributed by atoms with Crippen molar-refractivity contribution in [3.05, 3.63) is 34.4 Å². The zero-order valence-electron chi connectivity index (χ0n) is 11.4. The van der Waals surface area contributed by atoms with Gasteiger partial charge in [0.2, 0.25) is 0 Å². The number of aromatic nitrogens is 1. The lowest BCUT2D eigenvalue weighted by atomic mass is 9.98. The predicted octanol–water partition coefficient (Wildman–Crippen LogP) is 4.30. The number of halogens is 1. The molecule has 0 atom stereocenters. The van der Waals surface area contributed by atoms with Crippen LogP contribution in [-0.2, 0) is 6.42 Å². The van der Waals surface area contributed by atoms with Gasteiger partial charge < -0.3 is 9.67 Å². The first-order chi connectivity index (χ1) is 8.29. The van der Waals surface area contributed by atoms with Gasteiger partial charge in [-0.15, -0.1) is 0 Å². The molecule has 0 aliphatic rings. The maximum atomic E-state index is 10.0. The Morgan fingerprint density at radius 3 is 2.56 bits per heavy atom. The summed E-state index contributed by atoms with van der Waals surface area (Å²) in [6, 6.07) is 6.66. The fraction of sp³-hybridized carbons (Fsp3) is 0.467. The quantitative estimate of drug-likeness (QED) is 0.898. The van der Waals surface area contributed by atoms with Crippen molar-refractivity contribution in [1.82, 2.24) is 4.57 Å². The standard InChI is InChI=1S/C15H20BrNO/c1-10(2)17-9-11(8-15(3,4)18)14-12(16)6-5-7-13(14)17/h5-7,9-10,18H,8H2,1-4H3. The van der Waals surface area contributed by atoms with Crippen LogP contribution in [0.2, 0.25) is 0 Å². The molecular formula is C15H20BrNO. The second-order valence-electron chi connectivity index (χ2n) is 5.78. The van der Waals surface area contributed by atoms with E-state index in [1.807, 2.05) is 13.8 Å². The van der Waals surface area contributed by atoms with Gasteiger partial charge in [0.05, 0.1) is 5.60 Å². The van der Waals surface area contributed by atoms with E-state index >= 15 is 0 Å². The predicted molar refractivity (Wildman–Crippen MR) is 80.0 cm³/mol. The van der Waals surface area contributed by atoms with E-state index in [0.717, 1.165) is 4.47 Å². The molecule has 1 aromatic carbocycles. The largest absolute Gasteiger partial charge is 0.390 e. The van der Waals surface area contributed by atoms with Gasteiger partial charge in [-0.05, 0) is 45.4 Å². The van der Waals surface area contributed by atoms with Gasteiger partial charge in [0, 0.05) is 34.0 Å². The van der Waals surface area contributed by atoms with Crippen molar-refractivity contribution >= 4 is 26.8 Å². The summed E-state index contributed by atoms with van der Waals surface area (Å²) in [5, 5.41) is 11.3. The average molecular weight is 310 g/mol. The Morgan fingerprint density at radius 2 is 2.00 bits per heavy atom. The Balaban J connectivity index is 2.66. The first kappa shape index (κ1) is 13.6. The summed E-state index contributed by atoms with van der Waals surface area (Å²) in [6.45, 7) is 8.05. The molecule has 1 N–H and O–H groups in total. The van der Waals surface area contributed by atoms with Gasteiger partial charge >= 0.3 is 0 Å². The lowest BCUT2D eigenvalue weighted by Crippen LogP contribution is -2.21. The zero-order chi connectivity index (χ0) is 13.5. The maximum absolute atomic E-state index is 10.0. The number of hydrogen-bond acceptors (Lipinski definition) is 1. The van der Waals surface area contributed by atoms with E-state index in [0.29, 0.717) is 12.5 Å². The molecule has 18 heavy (non-hydrogen) atoms. The second-order valence-corrected chi connectivity index (χ2v) is 6.63. The molecule has 0 aliphatic carbocycles. The molecule has 0 aliphatic heterocycles. The zero-order valence-corrected chi connectivity index (χ0v) is 13.0. The number of rotatable bonds is 3. The summed E-state index contributed by atoms with van der Waals surface area (Å²) in [7, 11) is 0. The summed E-state index contributed by atoms with van der Waals surface area (Å²) in [6.07, 6.45) is 2.82. The topological polar surface area (TPSA) is 25.2 Å². The van der Waals surface area contributed by atoms with Gasteiger partial charge in [0.1, 0.15) is 0 Å². The van der Waals surface area contributed by atoms with Crippen molar-refractivity contribution in [3.8, 4) is 0 Å². The molecule has 0 fully saturated rings. The second kappa shape index (κ2) is 4.71. The van der Waals surface area contributed by atoms with Crippen LogP contribution in [-0.4, -0.2) is 15.3 Å². The van der Waals surface area contributed by atoms with Crippen molar-refractivity contribution in [1.29, 1.82) is 0 Å². The summed E-state index contributed by atoms with van der Waals surface area (Å²) >= 11 is 3.62. The van der Waals surface area contributed by atoms with E-state index in [4.69, 9.17) is 0 Å². The number of aliphatic hydroxyl groups is 1. The number of hydrogen-bond donors (Lipinski definition) is 1. The third-order valence-electron chi connectivity index (χ3n) is 3.07. The van der Waals surface area contributed by atoms with Crippen molar-refractivity contribution < 1.29 is 5.11 Å². The maximum Gasteiger partial charge on any atom is 0.0632 e. The molecule has 0 spiro atoms. The molecule has 2 nitrogen and oxygen atoms in total. The molecular weight excluding hydrogens is 290 g/mol. The van der Waals surface area contributed by atoms with Crippen LogP contribution in [0.15, 0.2) is 28.9 Å². The Labute approximate surface area is 117 Å². The van der Waals surface area contributed by atoms with Crippen LogP contribution in [0.25, 0.3) is 10.9 Å². The molecule has 0 bridgehead atoms. The van der Waals surface area contributed by atoms with Crippen molar-refractivity contribution in [3.63, 3.8) is 0 Å². The minimum atomic E-state index is -0.689. The lowest BCUT2D eigenvalue weighted by Gasteiger charge is -2.16. The van der Waals surface area contributed by atoms with E-state index in [1.165, 1.54) is 16.5 Å². The highest BCUT2D eigenvalue weighted by Gasteiger charge is 2.19. The molecule has 2 rings (SSSR count). The van der Waals surface area contributed by atoms with Gasteiger partial charge in [0.15, 0.2) is 0 Å². The van der Waals surface area contributed by atoms with Gasteiger partial charge in [-0.25, -0.2) is 0 Å². The van der Waals surface area contributed by atoms with Crippen LogP contribution in [0.4, 0.5) is 0 Å². The minimum absolute atomic E-state index is 0.414. The molecule has 0 saturated carbocycles. The Bertz CT molecular complexity index is 564. The highest BCUT2D eigenvalue weighted by atomic mass is 79.9. The van der Waals surface area contributed by atoms with E-state index in [2.05, 4.69) is 58.7 Å². The highest BCUT2D eigenvalue weighted by molar-refractivity contribution is 9.10. The smallest absolute Gasteiger partial charge is 0.0632 e. The third kappa shape index (κ3) is 2.62. The Hall–Kier alpha value is -0.800. The number of benzene rings is 1. The Kier molecular flexibility index (Phi) is 3.56. The van der Waals surface area contributed by atoms with Gasteiger partial charge in [-0.1, -0.05) is 22.0 Å². The average Bonchev–Trinajstić information content (AvgIpc) is 2.56. The molecule has 0 radical (unpaired) electrons. The molecule has 98 valence electrons. The monoisotopic (exact) mass is 309 g/mol. The molecule has 0 amide bonds. The molecule has 2 aromatic rings. The van der Waals surface area contributed by atoms with Crippen molar-refractivity contribution in [2.24, 2.45) is 0 Å². The van der Waals surface area contributed by atoms with Crippen LogP contribution >= 0.6 is 15.9 Å². The normalized spacial score (nSPS) is 12.6. The van der Waals surface area contributed by atoms with Crippen LogP contribution in [0.1, 0.15) is 39.3 Å².